The molecule has 170 valence electrons. The molecule has 7 rings (SSSR count). The molecule has 0 saturated heterocycles. The highest BCUT2D eigenvalue weighted by atomic mass is 16.2. The number of benzene rings is 4. The Morgan fingerprint density at radius 1 is 0.556 bits per heavy atom. The van der Waals surface area contributed by atoms with E-state index in [0.29, 0.717) is 38.7 Å². The van der Waals surface area contributed by atoms with Crippen LogP contribution in [0.5, 0.6) is 0 Å². The lowest BCUT2D eigenvalue weighted by Gasteiger charge is -2.14. The lowest BCUT2D eigenvalue weighted by Crippen LogP contribution is -2.35. The quantitative estimate of drug-likeness (QED) is 0.270. The molecule has 7 heteroatoms. The average molecular weight is 467 g/mol. The molecule has 36 heavy (non-hydrogen) atoms. The molecule has 0 N–H and O–H groups in total. The van der Waals surface area contributed by atoms with E-state index in [1.54, 1.807) is 18.2 Å². The Labute approximate surface area is 203 Å². The highest BCUT2D eigenvalue weighted by molar-refractivity contribution is 5.96. The first-order chi connectivity index (χ1) is 17.7. The molecular formula is C29H17N5O2. The predicted octanol–water partition coefficient (Wildman–Crippen LogP) is 4.76. The van der Waals surface area contributed by atoms with Gasteiger partial charge in [-0.25, -0.2) is 28.7 Å². The first kappa shape index (κ1) is 20.2. The molecule has 0 spiro atoms. The van der Waals surface area contributed by atoms with E-state index in [-0.39, 0.29) is 5.95 Å². The molecule has 3 aromatic heterocycles. The minimum atomic E-state index is -0.568. The zero-order valence-electron chi connectivity index (χ0n) is 18.9. The summed E-state index contributed by atoms with van der Waals surface area (Å²) in [6, 6.07) is 31.9. The van der Waals surface area contributed by atoms with Crippen molar-refractivity contribution in [2.75, 3.05) is 0 Å². The van der Waals surface area contributed by atoms with Crippen molar-refractivity contribution in [3.8, 4) is 17.2 Å². The second-order valence-corrected chi connectivity index (χ2v) is 8.48. The highest BCUT2D eigenvalue weighted by Crippen LogP contribution is 2.28. The van der Waals surface area contributed by atoms with Gasteiger partial charge in [-0.2, -0.15) is 0 Å². The summed E-state index contributed by atoms with van der Waals surface area (Å²) < 4.78 is 2.52. The lowest BCUT2D eigenvalue weighted by molar-refractivity contribution is 0.842. The minimum absolute atomic E-state index is 0.190. The lowest BCUT2D eigenvalue weighted by atomic mass is 10.1. The van der Waals surface area contributed by atoms with E-state index >= 15 is 0 Å². The van der Waals surface area contributed by atoms with Crippen molar-refractivity contribution in [3.63, 3.8) is 0 Å². The van der Waals surface area contributed by atoms with Gasteiger partial charge in [0.2, 0.25) is 5.95 Å². The van der Waals surface area contributed by atoms with Crippen LogP contribution in [0.15, 0.2) is 113 Å². The molecular weight excluding hydrogens is 450 g/mol. The molecule has 0 aliphatic heterocycles. The summed E-state index contributed by atoms with van der Waals surface area (Å²) in [4.78, 5) is 41.8. The van der Waals surface area contributed by atoms with Gasteiger partial charge >= 0.3 is 5.69 Å². The Balaban J connectivity index is 1.67. The summed E-state index contributed by atoms with van der Waals surface area (Å²) in [7, 11) is 0. The van der Waals surface area contributed by atoms with Crippen molar-refractivity contribution in [1.82, 2.24) is 23.9 Å². The van der Waals surface area contributed by atoms with Crippen LogP contribution in [0.2, 0.25) is 0 Å². The Hall–Kier alpha value is -5.17. The van der Waals surface area contributed by atoms with Gasteiger partial charge in [-0.15, -0.1) is 0 Å². The molecule has 0 aliphatic rings. The summed E-state index contributed by atoms with van der Waals surface area (Å²) in [6.07, 6.45) is 0. The predicted molar refractivity (Wildman–Crippen MR) is 141 cm³/mol. The number of hydrogen-bond acceptors (Lipinski definition) is 5. The normalized spacial score (nSPS) is 11.6. The summed E-state index contributed by atoms with van der Waals surface area (Å²) >= 11 is 0. The maximum Gasteiger partial charge on any atom is 0.344 e. The fourth-order valence-corrected chi connectivity index (χ4v) is 4.73. The number of rotatable bonds is 2. The second-order valence-electron chi connectivity index (χ2n) is 8.48. The van der Waals surface area contributed by atoms with Gasteiger partial charge in [-0.3, -0.25) is 4.79 Å². The maximum atomic E-state index is 14.0. The largest absolute Gasteiger partial charge is 0.344 e. The topological polar surface area (TPSA) is 82.2 Å². The maximum absolute atomic E-state index is 14.0. The second kappa shape index (κ2) is 7.68. The Morgan fingerprint density at radius 3 is 1.94 bits per heavy atom. The first-order valence-corrected chi connectivity index (χ1v) is 11.5. The molecule has 0 atom stereocenters. The number of nitrogens with zero attached hydrogens (tertiary/aromatic N) is 5. The third-order valence-corrected chi connectivity index (χ3v) is 6.38. The van der Waals surface area contributed by atoms with Gasteiger partial charge < -0.3 is 0 Å². The molecule has 7 aromatic rings. The van der Waals surface area contributed by atoms with Crippen LogP contribution in [-0.2, 0) is 0 Å². The molecule has 0 fully saturated rings. The summed E-state index contributed by atoms with van der Waals surface area (Å²) in [5, 5.41) is 1.90. The molecule has 0 amide bonds. The van der Waals surface area contributed by atoms with Crippen LogP contribution in [0.4, 0.5) is 0 Å². The molecule has 0 radical (unpaired) electrons. The van der Waals surface area contributed by atoms with Crippen LogP contribution in [0, 0.1) is 0 Å². The molecule has 0 bridgehead atoms. The van der Waals surface area contributed by atoms with Crippen molar-refractivity contribution in [1.29, 1.82) is 0 Å². The third kappa shape index (κ3) is 2.89. The molecule has 4 aromatic carbocycles. The van der Waals surface area contributed by atoms with Gasteiger partial charge in [-0.1, -0.05) is 72.8 Å². The van der Waals surface area contributed by atoms with E-state index in [0.717, 1.165) is 15.4 Å². The van der Waals surface area contributed by atoms with Crippen molar-refractivity contribution >= 4 is 38.4 Å². The van der Waals surface area contributed by atoms with Crippen LogP contribution < -0.4 is 11.2 Å². The first-order valence-electron chi connectivity index (χ1n) is 11.5. The van der Waals surface area contributed by atoms with Crippen molar-refractivity contribution in [2.24, 2.45) is 0 Å². The van der Waals surface area contributed by atoms with E-state index < -0.39 is 11.2 Å². The fraction of sp³-hybridized carbons (Fsp3) is 0. The van der Waals surface area contributed by atoms with Gasteiger partial charge in [0.25, 0.3) is 5.56 Å². The van der Waals surface area contributed by atoms with E-state index in [9.17, 15) is 9.59 Å². The van der Waals surface area contributed by atoms with Crippen LogP contribution in [0.3, 0.4) is 0 Å². The monoisotopic (exact) mass is 467 g/mol. The molecule has 0 unspecified atom stereocenters. The number of hydrogen-bond donors (Lipinski definition) is 0. The highest BCUT2D eigenvalue weighted by Gasteiger charge is 2.19. The zero-order chi connectivity index (χ0) is 24.2. The smallest absolute Gasteiger partial charge is 0.268 e. The third-order valence-electron chi connectivity index (χ3n) is 6.38. The van der Waals surface area contributed by atoms with Gasteiger partial charge in [0.1, 0.15) is 0 Å². The van der Waals surface area contributed by atoms with Crippen LogP contribution >= 0.6 is 0 Å². The van der Waals surface area contributed by atoms with Crippen LogP contribution in [0.25, 0.3) is 55.6 Å². The van der Waals surface area contributed by atoms with Gasteiger partial charge in [0, 0.05) is 16.3 Å². The van der Waals surface area contributed by atoms with Crippen molar-refractivity contribution in [2.45, 2.75) is 0 Å². The summed E-state index contributed by atoms with van der Waals surface area (Å²) in [5.41, 5.74) is 2.72. The SMILES string of the molecule is O=c1c2ccccc2nc2c3ccccc3n(-c3nc(-c4ccccc4)c4ccccc4n3)c(=O)n12. The van der Waals surface area contributed by atoms with Crippen LogP contribution in [-0.4, -0.2) is 23.9 Å². The Morgan fingerprint density at radius 2 is 1.17 bits per heavy atom. The van der Waals surface area contributed by atoms with E-state index in [2.05, 4.69) is 4.98 Å². The average Bonchev–Trinajstić information content (AvgIpc) is 2.93. The zero-order valence-corrected chi connectivity index (χ0v) is 18.9. The Bertz CT molecular complexity index is 2100. The standard InChI is InChI=1S/C29H17N5O2/c35-27-20-13-5-8-16-23(20)30-26-21-14-6-9-17-24(21)33(29(36)34(26)27)28-31-22-15-7-4-12-19(22)25(32-28)18-10-2-1-3-11-18/h1-17H. The van der Waals surface area contributed by atoms with Gasteiger partial charge in [-0.05, 0) is 30.3 Å². The number of aromatic nitrogens is 5. The van der Waals surface area contributed by atoms with E-state index in [1.165, 1.54) is 4.57 Å². The minimum Gasteiger partial charge on any atom is -0.268 e. The van der Waals surface area contributed by atoms with E-state index in [1.807, 2.05) is 84.9 Å². The Kier molecular flexibility index (Phi) is 4.31. The number of fused-ring (bicyclic) bond motifs is 5. The van der Waals surface area contributed by atoms with Gasteiger partial charge in [0.15, 0.2) is 5.65 Å². The van der Waals surface area contributed by atoms with Crippen LogP contribution in [0.1, 0.15) is 0 Å². The number of para-hydroxylation sites is 3. The molecule has 0 aliphatic carbocycles. The summed E-state index contributed by atoms with van der Waals surface area (Å²) in [5.74, 6) is 0.190. The molecule has 0 saturated carbocycles. The van der Waals surface area contributed by atoms with Gasteiger partial charge in [0.05, 0.1) is 27.6 Å². The molecule has 3 heterocycles. The molecule has 7 nitrogen and oxygen atoms in total. The van der Waals surface area contributed by atoms with Crippen molar-refractivity contribution < 1.29 is 0 Å². The van der Waals surface area contributed by atoms with Crippen molar-refractivity contribution in [3.05, 3.63) is 124 Å². The van der Waals surface area contributed by atoms with E-state index in [4.69, 9.17) is 9.97 Å². The fourth-order valence-electron chi connectivity index (χ4n) is 4.73. The summed E-state index contributed by atoms with van der Waals surface area (Å²) in [6.45, 7) is 0.